The topological polar surface area (TPSA) is 192 Å². The van der Waals surface area contributed by atoms with Gasteiger partial charge in [-0.2, -0.15) is 0 Å². The first kappa shape index (κ1) is 59.1. The molecular formula is C63H82N4O11. The maximum absolute atomic E-state index is 15.1. The van der Waals surface area contributed by atoms with E-state index in [1.165, 1.54) is 57.1 Å². The minimum atomic E-state index is -1.60. The molecule has 6 atom stereocenters. The number of nitro benzene ring substituents is 1. The fourth-order valence-electron chi connectivity index (χ4n) is 11.8. The van der Waals surface area contributed by atoms with Crippen LogP contribution >= 0.6 is 0 Å². The molecule has 1 heterocycles. The largest absolute Gasteiger partial charge is 0.459 e. The molecule has 1 fully saturated rings. The van der Waals surface area contributed by atoms with Gasteiger partial charge in [0.05, 0.1) is 36.3 Å². The Morgan fingerprint density at radius 1 is 0.872 bits per heavy atom. The highest BCUT2D eigenvalue weighted by Crippen LogP contribution is 2.62. The third-order valence-corrected chi connectivity index (χ3v) is 15.6. The number of ether oxygens (including phenoxy) is 4. The van der Waals surface area contributed by atoms with Gasteiger partial charge in [-0.15, -0.1) is 13.2 Å². The molecule has 0 aromatic heterocycles. The number of nitrogens with zero attached hydrogens (tertiary/aromatic N) is 3. The summed E-state index contributed by atoms with van der Waals surface area (Å²) in [5.74, 6) is -1.96. The second-order valence-corrected chi connectivity index (χ2v) is 20.9. The van der Waals surface area contributed by atoms with Crippen molar-refractivity contribution in [1.82, 2.24) is 10.2 Å². The molecule has 2 aliphatic carbocycles. The third kappa shape index (κ3) is 15.4. The van der Waals surface area contributed by atoms with E-state index < -0.39 is 40.8 Å². The van der Waals surface area contributed by atoms with E-state index in [0.29, 0.717) is 61.4 Å². The predicted octanol–water partition coefficient (Wildman–Crippen LogP) is 13.8. The average molecular weight is 1070 g/mol. The van der Waals surface area contributed by atoms with Crippen LogP contribution in [0.25, 0.3) is 10.8 Å². The summed E-state index contributed by atoms with van der Waals surface area (Å²) in [6, 6.07) is 24.7. The molecule has 0 radical (unpaired) electrons. The van der Waals surface area contributed by atoms with Gasteiger partial charge in [0, 0.05) is 49.8 Å². The molecule has 3 N–H and O–H groups in total. The standard InChI is InChI=1S/C63H82N4O11/c1-4-7-9-10-11-12-13-14-15-20-36-64-61(70)77-51-34-35-57-55(42-51)59-53(29-19-22-38-69)48(25-18-21-37-68)41-54-56(65-76-45-46-30-32-50(33-31-46)67(72)73)43-58(63(78-57,60(54)59)75-39-6-3)66(62(71)74-40-8-5-2)44-49-27-23-26-47-24-16-17-28-52(47)49/h5-6,16-17,23-24,26-28,30-35,41-42,48,53,58-60,68-69H,2-4,7-15,18-22,25,29,36-40,43-45H2,1H3,(H,64,70)/t48-,53+,58-,59+,60+,63+/m0/s1. The molecule has 2 amide bonds. The Kier molecular flexibility index (Phi) is 23.2. The number of unbranched alkanes of at least 4 members (excludes halogenated alkanes) is 11. The number of oxime groups is 1. The third-order valence-electron chi connectivity index (χ3n) is 15.6. The van der Waals surface area contributed by atoms with E-state index in [1.54, 1.807) is 35.3 Å². The van der Waals surface area contributed by atoms with Crippen molar-refractivity contribution in [2.24, 2.45) is 22.9 Å². The van der Waals surface area contributed by atoms with Crippen LogP contribution in [-0.2, 0) is 27.5 Å². The lowest BCUT2D eigenvalue weighted by atomic mass is 9.55. The highest BCUT2D eigenvalue weighted by Gasteiger charge is 2.66. The number of non-ortho nitro benzene ring substituents is 1. The van der Waals surface area contributed by atoms with Gasteiger partial charge < -0.3 is 39.3 Å². The molecule has 4 aromatic carbocycles. The quantitative estimate of drug-likeness (QED) is 0.0178. The van der Waals surface area contributed by atoms with Gasteiger partial charge in [-0.25, -0.2) is 9.59 Å². The van der Waals surface area contributed by atoms with Gasteiger partial charge in [0.1, 0.15) is 24.1 Å². The average Bonchev–Trinajstić information content (AvgIpc) is 3.14. The highest BCUT2D eigenvalue weighted by molar-refractivity contribution is 6.03. The monoisotopic (exact) mass is 1070 g/mol. The van der Waals surface area contributed by atoms with Crippen LogP contribution in [0.1, 0.15) is 145 Å². The highest BCUT2D eigenvalue weighted by atomic mass is 16.7. The van der Waals surface area contributed by atoms with Crippen molar-refractivity contribution in [3.05, 3.63) is 149 Å². The van der Waals surface area contributed by atoms with Crippen molar-refractivity contribution in [2.45, 2.75) is 153 Å². The van der Waals surface area contributed by atoms with Gasteiger partial charge in [0.15, 0.2) is 0 Å². The number of aliphatic hydroxyl groups excluding tert-OH is 2. The smallest absolute Gasteiger partial charge is 0.412 e. The van der Waals surface area contributed by atoms with Crippen LogP contribution in [0.2, 0.25) is 0 Å². The Balaban J connectivity index is 1.33. The number of hydrogen-bond acceptors (Lipinski definition) is 12. The Morgan fingerprint density at radius 2 is 1.59 bits per heavy atom. The first-order valence-corrected chi connectivity index (χ1v) is 28.6. The van der Waals surface area contributed by atoms with Crippen molar-refractivity contribution in [1.29, 1.82) is 0 Å². The van der Waals surface area contributed by atoms with Gasteiger partial charge in [-0.1, -0.05) is 143 Å². The van der Waals surface area contributed by atoms with Gasteiger partial charge in [0.25, 0.3) is 5.69 Å². The van der Waals surface area contributed by atoms with Crippen molar-refractivity contribution in [3.63, 3.8) is 0 Å². The summed E-state index contributed by atoms with van der Waals surface area (Å²) in [5, 5.41) is 41.6. The number of benzene rings is 4. The van der Waals surface area contributed by atoms with Crippen LogP contribution in [0.3, 0.4) is 0 Å². The fourth-order valence-corrected chi connectivity index (χ4v) is 11.8. The number of nitro groups is 1. The molecule has 15 heteroatoms. The number of fused-ring (bicyclic) bond motifs is 3. The molecule has 3 aliphatic rings. The van der Waals surface area contributed by atoms with Gasteiger partial charge in [0.2, 0.25) is 5.79 Å². The van der Waals surface area contributed by atoms with E-state index in [4.69, 9.17) is 28.9 Å². The van der Waals surface area contributed by atoms with E-state index in [-0.39, 0.29) is 63.5 Å². The fraction of sp³-hybridized carbons (Fsp3) is 0.508. The number of carbonyl (C=O) groups excluding carboxylic acids is 2. The van der Waals surface area contributed by atoms with Gasteiger partial charge in [-0.3, -0.25) is 15.0 Å². The number of aliphatic hydroxyl groups is 2. The minimum absolute atomic E-state index is 0.0000393. The summed E-state index contributed by atoms with van der Waals surface area (Å²) in [4.78, 5) is 47.6. The molecule has 15 nitrogen and oxygen atoms in total. The lowest BCUT2D eigenvalue weighted by Gasteiger charge is -2.59. The summed E-state index contributed by atoms with van der Waals surface area (Å²) >= 11 is 0. The van der Waals surface area contributed by atoms with E-state index in [2.05, 4.69) is 31.5 Å². The van der Waals surface area contributed by atoms with Crippen LogP contribution in [0.4, 0.5) is 15.3 Å². The molecule has 0 bridgehead atoms. The van der Waals surface area contributed by atoms with E-state index in [9.17, 15) is 25.1 Å². The molecular weight excluding hydrogens is 989 g/mol. The van der Waals surface area contributed by atoms with E-state index in [1.807, 2.05) is 54.6 Å². The zero-order chi connectivity index (χ0) is 55.1. The zero-order valence-corrected chi connectivity index (χ0v) is 45.7. The molecule has 4 aromatic rings. The lowest BCUT2D eigenvalue weighted by Crippen LogP contribution is -2.70. The molecule has 7 rings (SSSR count). The summed E-state index contributed by atoms with van der Waals surface area (Å²) in [5.41, 5.74) is 3.66. The minimum Gasteiger partial charge on any atom is -0.459 e. The molecule has 420 valence electrons. The summed E-state index contributed by atoms with van der Waals surface area (Å²) in [6.07, 6.45) is 21.0. The maximum Gasteiger partial charge on any atom is 0.412 e. The zero-order valence-electron chi connectivity index (χ0n) is 45.7. The van der Waals surface area contributed by atoms with Crippen LogP contribution < -0.4 is 14.8 Å². The molecule has 1 saturated carbocycles. The van der Waals surface area contributed by atoms with E-state index >= 15 is 4.79 Å². The molecule has 78 heavy (non-hydrogen) atoms. The molecule has 0 saturated heterocycles. The Hall–Kier alpha value is -6.55. The summed E-state index contributed by atoms with van der Waals surface area (Å²) < 4.78 is 26.9. The summed E-state index contributed by atoms with van der Waals surface area (Å²) in [6.45, 7) is 11.0. The number of nitrogens with one attached hydrogen (secondary N) is 1. The van der Waals surface area contributed by atoms with Crippen LogP contribution in [-0.4, -0.2) is 82.7 Å². The van der Waals surface area contributed by atoms with Gasteiger partial charge in [-0.05, 0) is 108 Å². The maximum atomic E-state index is 15.1. The van der Waals surface area contributed by atoms with Crippen molar-refractivity contribution in [3.8, 4) is 11.5 Å². The van der Waals surface area contributed by atoms with E-state index in [0.717, 1.165) is 59.6 Å². The van der Waals surface area contributed by atoms with Crippen molar-refractivity contribution < 1.29 is 48.5 Å². The normalized spacial score (nSPS) is 20.6. The first-order chi connectivity index (χ1) is 38.2. The SMILES string of the molecule is C=CCCOC(=O)N(Cc1cccc2ccccc12)[C@H]1CC(=NOCc2ccc([N+](=O)[O-])cc2)C2=C[C@H](CCCCO)[C@@H](CCCCO)[C@@H]3c4cc(OC(=O)NCCCCCCCCCCCC)ccc4O[C@@]1(OCC=C)[C@H]23. The van der Waals surface area contributed by atoms with Crippen LogP contribution in [0.5, 0.6) is 11.5 Å². The first-order valence-electron chi connectivity index (χ1n) is 28.6. The Bertz CT molecular complexity index is 2650. The molecule has 0 spiro atoms. The number of rotatable bonds is 33. The Labute approximate surface area is 460 Å². The summed E-state index contributed by atoms with van der Waals surface area (Å²) in [7, 11) is 0. The molecule has 0 unspecified atom stereocenters. The van der Waals surface area contributed by atoms with Crippen molar-refractivity contribution in [2.75, 3.05) is 33.0 Å². The van der Waals surface area contributed by atoms with Gasteiger partial charge >= 0.3 is 12.2 Å². The van der Waals surface area contributed by atoms with Crippen LogP contribution in [0, 0.1) is 27.9 Å². The second-order valence-electron chi connectivity index (χ2n) is 20.9. The Morgan fingerprint density at radius 3 is 2.31 bits per heavy atom. The number of hydrogen-bond donors (Lipinski definition) is 3. The van der Waals surface area contributed by atoms with Crippen LogP contribution in [0.15, 0.2) is 127 Å². The number of carbonyl (C=O) groups is 2. The lowest BCUT2D eigenvalue weighted by molar-refractivity contribution is -0.384. The molecule has 1 aliphatic heterocycles. The number of amides is 2. The predicted molar refractivity (Wildman–Crippen MR) is 304 cm³/mol. The van der Waals surface area contributed by atoms with Crippen molar-refractivity contribution >= 4 is 34.4 Å². The number of allylic oxidation sites excluding steroid dienone is 1. The second kappa shape index (κ2) is 30.6.